The van der Waals surface area contributed by atoms with Gasteiger partial charge in [-0.15, -0.1) is 0 Å². The van der Waals surface area contributed by atoms with Crippen LogP contribution in [-0.4, -0.2) is 28.0 Å². The smallest absolute Gasteiger partial charge is 0.357 e. The van der Waals surface area contributed by atoms with Crippen molar-refractivity contribution in [2.45, 2.75) is 32.0 Å². The highest BCUT2D eigenvalue weighted by atomic mass is 19.4. The summed E-state index contributed by atoms with van der Waals surface area (Å²) >= 11 is 0. The molecular weight excluding hydrogens is 307 g/mol. The van der Waals surface area contributed by atoms with E-state index in [1.165, 1.54) is 12.6 Å². The standard InChI is InChI=1S/C15H18F3N5/c1-10(8-9-11-6-4-3-5-7-11)20-14-22-12(15(16,17)18)21-13(19-2)23-14/h3-7,10H,8-9H2,1-2H3,(H2,19,20,21,22,23). The van der Waals surface area contributed by atoms with Gasteiger partial charge in [-0.1, -0.05) is 30.3 Å². The van der Waals surface area contributed by atoms with Crippen molar-refractivity contribution >= 4 is 11.9 Å². The van der Waals surface area contributed by atoms with Gasteiger partial charge in [-0.25, -0.2) is 0 Å². The minimum atomic E-state index is -4.61. The van der Waals surface area contributed by atoms with Crippen molar-refractivity contribution in [2.75, 3.05) is 17.7 Å². The number of halogens is 3. The van der Waals surface area contributed by atoms with Crippen LogP contribution in [0.3, 0.4) is 0 Å². The highest BCUT2D eigenvalue weighted by molar-refractivity contribution is 5.35. The summed E-state index contributed by atoms with van der Waals surface area (Å²) in [6.45, 7) is 1.87. The molecule has 2 rings (SSSR count). The molecule has 1 unspecified atom stereocenters. The Morgan fingerprint density at radius 1 is 1.04 bits per heavy atom. The van der Waals surface area contributed by atoms with E-state index in [0.29, 0.717) is 0 Å². The number of nitrogens with zero attached hydrogens (tertiary/aromatic N) is 3. The number of anilines is 2. The summed E-state index contributed by atoms with van der Waals surface area (Å²) in [5.41, 5.74) is 1.17. The predicted molar refractivity (Wildman–Crippen MR) is 82.2 cm³/mol. The number of rotatable bonds is 6. The van der Waals surface area contributed by atoms with Crippen molar-refractivity contribution in [3.8, 4) is 0 Å². The molecule has 124 valence electrons. The topological polar surface area (TPSA) is 62.7 Å². The third-order valence-corrected chi connectivity index (χ3v) is 3.20. The van der Waals surface area contributed by atoms with E-state index in [1.54, 1.807) is 0 Å². The molecular formula is C15H18F3N5. The molecule has 1 aromatic heterocycles. The monoisotopic (exact) mass is 325 g/mol. The fourth-order valence-electron chi connectivity index (χ4n) is 2.00. The van der Waals surface area contributed by atoms with Crippen LogP contribution in [0.5, 0.6) is 0 Å². The molecule has 1 atom stereocenters. The molecule has 0 aliphatic heterocycles. The summed E-state index contributed by atoms with van der Waals surface area (Å²) in [6, 6.07) is 9.78. The van der Waals surface area contributed by atoms with Crippen molar-refractivity contribution in [2.24, 2.45) is 0 Å². The Morgan fingerprint density at radius 2 is 1.70 bits per heavy atom. The molecule has 0 saturated carbocycles. The fourth-order valence-corrected chi connectivity index (χ4v) is 2.00. The first-order valence-electron chi connectivity index (χ1n) is 7.20. The Bertz CT molecular complexity index is 631. The molecule has 5 nitrogen and oxygen atoms in total. The Morgan fingerprint density at radius 3 is 2.30 bits per heavy atom. The number of aromatic nitrogens is 3. The van der Waals surface area contributed by atoms with Crippen molar-refractivity contribution in [1.29, 1.82) is 0 Å². The van der Waals surface area contributed by atoms with E-state index in [0.717, 1.165) is 12.8 Å². The minimum Gasteiger partial charge on any atom is -0.357 e. The Hall–Kier alpha value is -2.38. The molecule has 0 spiro atoms. The Balaban J connectivity index is 2.03. The summed E-state index contributed by atoms with van der Waals surface area (Å²) in [5.74, 6) is -1.42. The van der Waals surface area contributed by atoms with Gasteiger partial charge in [0.05, 0.1) is 0 Å². The zero-order chi connectivity index (χ0) is 16.9. The molecule has 0 saturated heterocycles. The molecule has 2 aromatic rings. The van der Waals surface area contributed by atoms with E-state index in [2.05, 4.69) is 25.6 Å². The number of aryl methyl sites for hydroxylation is 1. The predicted octanol–water partition coefficient (Wildman–Crippen LogP) is 3.37. The van der Waals surface area contributed by atoms with E-state index in [4.69, 9.17) is 0 Å². The van der Waals surface area contributed by atoms with Crippen LogP contribution in [-0.2, 0) is 12.6 Å². The maximum atomic E-state index is 12.8. The van der Waals surface area contributed by atoms with Crippen molar-refractivity contribution in [3.63, 3.8) is 0 Å². The SMILES string of the molecule is CNc1nc(NC(C)CCc2ccccc2)nc(C(F)(F)F)n1. The second-order valence-corrected chi connectivity index (χ2v) is 5.12. The van der Waals surface area contributed by atoms with Crippen LogP contribution < -0.4 is 10.6 Å². The number of hydrogen-bond donors (Lipinski definition) is 2. The van der Waals surface area contributed by atoms with Crippen molar-refractivity contribution in [1.82, 2.24) is 15.0 Å². The van der Waals surface area contributed by atoms with Gasteiger partial charge in [0, 0.05) is 13.1 Å². The molecule has 1 heterocycles. The average Bonchev–Trinajstić information content (AvgIpc) is 2.52. The summed E-state index contributed by atoms with van der Waals surface area (Å²) in [5, 5.41) is 5.41. The molecule has 0 aliphatic carbocycles. The summed E-state index contributed by atoms with van der Waals surface area (Å²) in [4.78, 5) is 10.7. The third kappa shape index (κ3) is 5.08. The lowest BCUT2D eigenvalue weighted by Gasteiger charge is -2.15. The van der Waals surface area contributed by atoms with E-state index in [-0.39, 0.29) is 17.9 Å². The van der Waals surface area contributed by atoms with Gasteiger partial charge in [-0.05, 0) is 25.3 Å². The first-order chi connectivity index (χ1) is 10.9. The summed E-state index contributed by atoms with van der Waals surface area (Å²) in [7, 11) is 1.46. The Labute approximate surface area is 132 Å². The molecule has 0 fully saturated rings. The molecule has 8 heteroatoms. The van der Waals surface area contributed by atoms with Crippen molar-refractivity contribution < 1.29 is 13.2 Å². The first kappa shape index (κ1) is 17.0. The molecule has 2 N–H and O–H groups in total. The van der Waals surface area contributed by atoms with Gasteiger partial charge >= 0.3 is 6.18 Å². The lowest BCUT2D eigenvalue weighted by atomic mass is 10.1. The average molecular weight is 325 g/mol. The van der Waals surface area contributed by atoms with Crippen LogP contribution in [0.4, 0.5) is 25.1 Å². The quantitative estimate of drug-likeness (QED) is 0.853. The highest BCUT2D eigenvalue weighted by Gasteiger charge is 2.35. The molecule has 0 radical (unpaired) electrons. The molecule has 1 aromatic carbocycles. The van der Waals surface area contributed by atoms with E-state index < -0.39 is 12.0 Å². The van der Waals surface area contributed by atoms with Gasteiger partial charge in [0.15, 0.2) is 0 Å². The van der Waals surface area contributed by atoms with Gasteiger partial charge in [0.1, 0.15) is 0 Å². The maximum Gasteiger partial charge on any atom is 0.451 e. The van der Waals surface area contributed by atoms with Gasteiger partial charge in [-0.3, -0.25) is 0 Å². The van der Waals surface area contributed by atoms with Crippen LogP contribution >= 0.6 is 0 Å². The lowest BCUT2D eigenvalue weighted by Crippen LogP contribution is -2.21. The van der Waals surface area contributed by atoms with E-state index in [1.807, 2.05) is 37.3 Å². The van der Waals surface area contributed by atoms with E-state index in [9.17, 15) is 13.2 Å². The second-order valence-electron chi connectivity index (χ2n) is 5.12. The van der Waals surface area contributed by atoms with Gasteiger partial charge in [-0.2, -0.15) is 28.1 Å². The normalized spacial score (nSPS) is 12.7. The second kappa shape index (κ2) is 7.26. The van der Waals surface area contributed by atoms with Crippen molar-refractivity contribution in [3.05, 3.63) is 41.7 Å². The highest BCUT2D eigenvalue weighted by Crippen LogP contribution is 2.27. The first-order valence-corrected chi connectivity index (χ1v) is 7.20. The lowest BCUT2D eigenvalue weighted by molar-refractivity contribution is -0.144. The van der Waals surface area contributed by atoms with Crippen LogP contribution in [0.15, 0.2) is 30.3 Å². The van der Waals surface area contributed by atoms with Gasteiger partial charge < -0.3 is 10.6 Å². The third-order valence-electron chi connectivity index (χ3n) is 3.20. The maximum absolute atomic E-state index is 12.8. The zero-order valence-corrected chi connectivity index (χ0v) is 12.9. The molecule has 0 bridgehead atoms. The van der Waals surface area contributed by atoms with Crippen LogP contribution in [0, 0.1) is 0 Å². The Kier molecular flexibility index (Phi) is 5.36. The largest absolute Gasteiger partial charge is 0.451 e. The number of nitrogens with one attached hydrogen (secondary N) is 2. The van der Waals surface area contributed by atoms with Crippen LogP contribution in [0.2, 0.25) is 0 Å². The number of hydrogen-bond acceptors (Lipinski definition) is 5. The zero-order valence-electron chi connectivity index (χ0n) is 12.9. The van der Waals surface area contributed by atoms with Crippen LogP contribution in [0.1, 0.15) is 24.7 Å². The molecule has 0 amide bonds. The minimum absolute atomic E-state index is 0.0802. The summed E-state index contributed by atoms with van der Waals surface area (Å²) in [6.07, 6.45) is -3.06. The molecule has 23 heavy (non-hydrogen) atoms. The summed E-state index contributed by atoms with van der Waals surface area (Å²) < 4.78 is 38.3. The van der Waals surface area contributed by atoms with Crippen LogP contribution in [0.25, 0.3) is 0 Å². The van der Waals surface area contributed by atoms with Gasteiger partial charge in [0.25, 0.3) is 0 Å². The number of alkyl halides is 3. The van der Waals surface area contributed by atoms with Gasteiger partial charge in [0.2, 0.25) is 17.7 Å². The van der Waals surface area contributed by atoms with E-state index >= 15 is 0 Å². The number of benzene rings is 1. The molecule has 0 aliphatic rings. The fraction of sp³-hybridized carbons (Fsp3) is 0.400.